The van der Waals surface area contributed by atoms with Gasteiger partial charge >= 0.3 is 0 Å². The molecule has 2 rings (SSSR count). The van der Waals surface area contributed by atoms with Crippen LogP contribution in [0, 0.1) is 22.7 Å². The molecule has 0 saturated carbocycles. The highest BCUT2D eigenvalue weighted by Gasteiger charge is 2.16. The number of allylic oxidation sites excluding steroid dienone is 2. The van der Waals surface area contributed by atoms with Gasteiger partial charge in [0.05, 0.1) is 16.4 Å². The normalized spacial score (nSPS) is 12.2. The van der Waals surface area contributed by atoms with Gasteiger partial charge in [0, 0.05) is 10.6 Å². The molecule has 0 aromatic heterocycles. The van der Waals surface area contributed by atoms with Crippen LogP contribution in [-0.4, -0.2) is 0 Å². The molecule has 0 heterocycles. The molecule has 9 N–H and O–H groups in total. The Labute approximate surface area is 155 Å². The molecule has 8 heteroatoms. The van der Waals surface area contributed by atoms with Crippen molar-refractivity contribution < 1.29 is 0 Å². The van der Waals surface area contributed by atoms with Crippen LogP contribution >= 0.6 is 11.8 Å². The van der Waals surface area contributed by atoms with Gasteiger partial charge in [-0.05, 0) is 24.3 Å². The summed E-state index contributed by atoms with van der Waals surface area (Å²) in [6.45, 7) is 0. The fourth-order valence-electron chi connectivity index (χ4n) is 2.05. The molecule has 2 aromatic carbocycles. The first-order valence-electron chi connectivity index (χ1n) is 7.41. The highest BCUT2D eigenvalue weighted by atomic mass is 32.2. The maximum atomic E-state index is 9.49. The zero-order valence-corrected chi connectivity index (χ0v) is 14.5. The van der Waals surface area contributed by atoms with Gasteiger partial charge in [0.25, 0.3) is 0 Å². The molecule has 26 heavy (non-hydrogen) atoms. The highest BCUT2D eigenvalue weighted by molar-refractivity contribution is 8.03. The van der Waals surface area contributed by atoms with Crippen LogP contribution in [0.3, 0.4) is 0 Å². The van der Waals surface area contributed by atoms with E-state index in [9.17, 15) is 10.5 Å². The van der Waals surface area contributed by atoms with Gasteiger partial charge in [-0.15, -0.1) is 0 Å². The lowest BCUT2D eigenvalue weighted by molar-refractivity contribution is 1.24. The van der Waals surface area contributed by atoms with E-state index in [1.54, 1.807) is 48.5 Å². The van der Waals surface area contributed by atoms with Crippen molar-refractivity contribution in [1.29, 1.82) is 10.5 Å². The lowest BCUT2D eigenvalue weighted by atomic mass is 10.1. The molecule has 130 valence electrons. The topological polar surface area (TPSA) is 164 Å². The number of nitrogens with two attached hydrogens (primary N) is 4. The molecule has 2 aromatic rings. The summed E-state index contributed by atoms with van der Waals surface area (Å²) in [6.07, 6.45) is 0. The van der Waals surface area contributed by atoms with Gasteiger partial charge < -0.3 is 28.3 Å². The molecule has 7 nitrogen and oxygen atoms in total. The van der Waals surface area contributed by atoms with Crippen molar-refractivity contribution in [3.63, 3.8) is 0 Å². The van der Waals surface area contributed by atoms with E-state index < -0.39 is 0 Å². The minimum Gasteiger partial charge on any atom is -0.398 e. The summed E-state index contributed by atoms with van der Waals surface area (Å²) in [4.78, 5) is 0.675. The van der Waals surface area contributed by atoms with E-state index in [0.29, 0.717) is 22.0 Å². The largest absolute Gasteiger partial charge is 0.398 e. The van der Waals surface area contributed by atoms with Crippen LogP contribution in [0.25, 0.3) is 0 Å². The van der Waals surface area contributed by atoms with E-state index in [1.165, 1.54) is 0 Å². The number of anilines is 3. The predicted octanol–water partition coefficient (Wildman–Crippen LogP) is 2.44. The Morgan fingerprint density at radius 3 is 2.00 bits per heavy atom. The number of benzene rings is 2. The first-order valence-corrected chi connectivity index (χ1v) is 8.23. The van der Waals surface area contributed by atoms with Crippen molar-refractivity contribution in [1.82, 2.24) is 0 Å². The Balaban J connectivity index is 2.42. The third-order valence-corrected chi connectivity index (χ3v) is 4.37. The fraction of sp³-hybridized carbons (Fsp3) is 0. The standard InChI is InChI=1S/C18H17N7S/c19-9-11(17(23)25-15-7-3-1-5-13(15)21)12(10-20)18(24)26-16-8-4-2-6-14(16)22/h1-8,25H,21-24H2. The second-order valence-electron chi connectivity index (χ2n) is 5.10. The first kappa shape index (κ1) is 18.6. The Hall–Kier alpha value is -3.75. The van der Waals surface area contributed by atoms with Crippen molar-refractivity contribution in [2.24, 2.45) is 11.5 Å². The second kappa shape index (κ2) is 8.38. The Kier molecular flexibility index (Phi) is 5.99. The monoisotopic (exact) mass is 363 g/mol. The van der Waals surface area contributed by atoms with Crippen LogP contribution in [0.2, 0.25) is 0 Å². The summed E-state index contributed by atoms with van der Waals surface area (Å²) in [6, 6.07) is 17.9. The molecule has 0 aliphatic rings. The van der Waals surface area contributed by atoms with E-state index in [4.69, 9.17) is 22.9 Å². The van der Waals surface area contributed by atoms with Crippen molar-refractivity contribution in [2.45, 2.75) is 4.90 Å². The molecule has 0 aliphatic carbocycles. The van der Waals surface area contributed by atoms with E-state index in [0.717, 1.165) is 11.8 Å². The maximum absolute atomic E-state index is 9.49. The number of hydrogen-bond donors (Lipinski definition) is 5. The van der Waals surface area contributed by atoms with E-state index in [2.05, 4.69) is 5.32 Å². The third kappa shape index (κ3) is 4.20. The van der Waals surface area contributed by atoms with Crippen LogP contribution in [-0.2, 0) is 0 Å². The van der Waals surface area contributed by atoms with Crippen molar-refractivity contribution in [3.8, 4) is 12.1 Å². The van der Waals surface area contributed by atoms with Gasteiger partial charge in [-0.2, -0.15) is 10.5 Å². The van der Waals surface area contributed by atoms with Gasteiger partial charge in [0.15, 0.2) is 0 Å². The number of nitrogen functional groups attached to an aromatic ring is 2. The lowest BCUT2D eigenvalue weighted by Crippen LogP contribution is -2.15. The summed E-state index contributed by atoms with van der Waals surface area (Å²) in [5, 5.41) is 21.9. The van der Waals surface area contributed by atoms with Crippen LogP contribution in [0.15, 0.2) is 75.4 Å². The SMILES string of the molecule is N#CC(=C(N)Nc1ccccc1N)C(C#N)=C(N)Sc1ccccc1N. The number of rotatable bonds is 5. The van der Waals surface area contributed by atoms with Crippen molar-refractivity contribution >= 4 is 28.8 Å². The maximum Gasteiger partial charge on any atom is 0.120 e. The van der Waals surface area contributed by atoms with Crippen LogP contribution in [0.5, 0.6) is 0 Å². The average Bonchev–Trinajstić information content (AvgIpc) is 2.63. The number of nitriles is 2. The first-order chi connectivity index (χ1) is 12.5. The number of hydrogen-bond acceptors (Lipinski definition) is 8. The molecule has 0 aliphatic heterocycles. The number of nitrogens with zero attached hydrogens (tertiary/aromatic N) is 2. The Morgan fingerprint density at radius 1 is 0.846 bits per heavy atom. The molecule has 0 radical (unpaired) electrons. The number of para-hydroxylation sites is 3. The molecule has 0 saturated heterocycles. The molecule has 0 bridgehead atoms. The van der Waals surface area contributed by atoms with Crippen molar-refractivity contribution in [2.75, 3.05) is 16.8 Å². The van der Waals surface area contributed by atoms with Crippen LogP contribution in [0.1, 0.15) is 0 Å². The molecule has 0 fully saturated rings. The second-order valence-corrected chi connectivity index (χ2v) is 6.19. The van der Waals surface area contributed by atoms with E-state index in [-0.39, 0.29) is 22.0 Å². The average molecular weight is 363 g/mol. The number of thioether (sulfide) groups is 1. The minimum atomic E-state index is -0.0738. The zero-order valence-electron chi connectivity index (χ0n) is 13.7. The van der Waals surface area contributed by atoms with Crippen molar-refractivity contribution in [3.05, 3.63) is 70.5 Å². The zero-order chi connectivity index (χ0) is 19.1. The smallest absolute Gasteiger partial charge is 0.120 e. The molecular weight excluding hydrogens is 346 g/mol. The Bertz CT molecular complexity index is 884. The van der Waals surface area contributed by atoms with E-state index in [1.807, 2.05) is 12.1 Å². The summed E-state index contributed by atoms with van der Waals surface area (Å²) in [5.74, 6) is -0.0217. The van der Waals surface area contributed by atoms with Gasteiger partial charge in [0.2, 0.25) is 0 Å². The lowest BCUT2D eigenvalue weighted by Gasteiger charge is -2.12. The van der Waals surface area contributed by atoms with Crippen LogP contribution < -0.4 is 28.3 Å². The van der Waals surface area contributed by atoms with Gasteiger partial charge in [0.1, 0.15) is 29.1 Å². The fourth-order valence-corrected chi connectivity index (χ4v) is 2.87. The Morgan fingerprint density at radius 2 is 1.42 bits per heavy atom. The number of nitrogens with one attached hydrogen (secondary N) is 1. The summed E-state index contributed by atoms with van der Waals surface area (Å²) >= 11 is 1.09. The molecular formula is C18H17N7S. The quantitative estimate of drug-likeness (QED) is 0.234. The minimum absolute atomic E-state index is 0.0217. The van der Waals surface area contributed by atoms with E-state index >= 15 is 0 Å². The van der Waals surface area contributed by atoms with Gasteiger partial charge in [-0.1, -0.05) is 36.0 Å². The predicted molar refractivity (Wildman–Crippen MR) is 105 cm³/mol. The molecule has 0 atom stereocenters. The summed E-state index contributed by atoms with van der Waals surface area (Å²) in [5.41, 5.74) is 25.1. The molecule has 0 unspecified atom stereocenters. The molecule has 0 spiro atoms. The van der Waals surface area contributed by atoms with Gasteiger partial charge in [-0.3, -0.25) is 0 Å². The summed E-state index contributed by atoms with van der Waals surface area (Å²) < 4.78 is 0. The molecule has 0 amide bonds. The highest BCUT2D eigenvalue weighted by Crippen LogP contribution is 2.32. The summed E-state index contributed by atoms with van der Waals surface area (Å²) in [7, 11) is 0. The van der Waals surface area contributed by atoms with Gasteiger partial charge in [-0.25, -0.2) is 0 Å². The third-order valence-electron chi connectivity index (χ3n) is 3.36. The van der Waals surface area contributed by atoms with Crippen LogP contribution in [0.4, 0.5) is 17.1 Å².